The van der Waals surface area contributed by atoms with E-state index in [1.54, 1.807) is 6.92 Å². The first-order valence-corrected chi connectivity index (χ1v) is 6.54. The molecular weight excluding hydrogens is 264 g/mol. The van der Waals surface area contributed by atoms with E-state index in [0.717, 1.165) is 12.7 Å². The standard InChI is InChI=1S/C14H18O6/c1-2-18-13(17)6-4-3-5-8-20-14-11(16)7-9-19-12(14)10-15/h7,9-10H,2-6,8H2,1H3. The van der Waals surface area contributed by atoms with Crippen LogP contribution in [0.15, 0.2) is 21.5 Å². The van der Waals surface area contributed by atoms with Gasteiger partial charge in [-0.3, -0.25) is 14.4 Å². The molecule has 0 N–H and O–H groups in total. The molecule has 0 amide bonds. The van der Waals surface area contributed by atoms with E-state index in [1.807, 2.05) is 0 Å². The first-order valence-electron chi connectivity index (χ1n) is 6.54. The molecule has 20 heavy (non-hydrogen) atoms. The molecule has 6 heteroatoms. The lowest BCUT2D eigenvalue weighted by atomic mass is 10.2. The van der Waals surface area contributed by atoms with Crippen LogP contribution in [0.3, 0.4) is 0 Å². The van der Waals surface area contributed by atoms with Crippen LogP contribution in [0.2, 0.25) is 0 Å². The van der Waals surface area contributed by atoms with Gasteiger partial charge in [0.1, 0.15) is 0 Å². The summed E-state index contributed by atoms with van der Waals surface area (Å²) < 4.78 is 14.9. The van der Waals surface area contributed by atoms with Gasteiger partial charge in [0, 0.05) is 12.5 Å². The van der Waals surface area contributed by atoms with Crippen LogP contribution < -0.4 is 10.2 Å². The number of carbonyl (C=O) groups is 2. The Labute approximate surface area is 116 Å². The SMILES string of the molecule is CCOC(=O)CCCCCOc1c(C=O)occc1=O. The number of unbranched alkanes of at least 4 members (excludes halogenated alkanes) is 2. The van der Waals surface area contributed by atoms with Crippen LogP contribution in [0.1, 0.15) is 43.2 Å². The molecule has 1 rings (SSSR count). The van der Waals surface area contributed by atoms with Crippen molar-refractivity contribution < 1.29 is 23.5 Å². The van der Waals surface area contributed by atoms with Crippen molar-refractivity contribution in [1.29, 1.82) is 0 Å². The Morgan fingerprint density at radius 1 is 1.35 bits per heavy atom. The summed E-state index contributed by atoms with van der Waals surface area (Å²) in [6.07, 6.45) is 4.11. The van der Waals surface area contributed by atoms with Gasteiger partial charge in [-0.25, -0.2) is 0 Å². The minimum Gasteiger partial charge on any atom is -0.486 e. The van der Waals surface area contributed by atoms with Crippen LogP contribution in [0.25, 0.3) is 0 Å². The summed E-state index contributed by atoms with van der Waals surface area (Å²) in [6.45, 7) is 2.44. The molecule has 0 aliphatic rings. The van der Waals surface area contributed by atoms with Crippen molar-refractivity contribution in [2.45, 2.75) is 32.6 Å². The fourth-order valence-electron chi connectivity index (χ4n) is 1.60. The van der Waals surface area contributed by atoms with Crippen LogP contribution in [-0.2, 0) is 9.53 Å². The number of ether oxygens (including phenoxy) is 2. The maximum absolute atomic E-state index is 11.5. The molecule has 0 aliphatic heterocycles. The molecule has 6 nitrogen and oxygen atoms in total. The molecular formula is C14H18O6. The third-order valence-electron chi connectivity index (χ3n) is 2.55. The Bertz CT molecular complexity index is 491. The van der Waals surface area contributed by atoms with Crippen molar-refractivity contribution >= 4 is 12.3 Å². The average molecular weight is 282 g/mol. The predicted molar refractivity (Wildman–Crippen MR) is 71.0 cm³/mol. The Morgan fingerprint density at radius 3 is 2.85 bits per heavy atom. The summed E-state index contributed by atoms with van der Waals surface area (Å²) in [6, 6.07) is 1.20. The Balaban J connectivity index is 2.27. The Hall–Kier alpha value is -2.11. The second-order valence-corrected chi connectivity index (χ2v) is 4.06. The molecule has 0 saturated carbocycles. The van der Waals surface area contributed by atoms with E-state index in [4.69, 9.17) is 13.9 Å². The molecule has 0 spiro atoms. The summed E-state index contributed by atoms with van der Waals surface area (Å²) in [5.74, 6) is -0.378. The molecule has 0 aliphatic carbocycles. The van der Waals surface area contributed by atoms with Gasteiger partial charge in [0.2, 0.25) is 16.9 Å². The zero-order chi connectivity index (χ0) is 14.8. The second kappa shape index (κ2) is 8.90. The third-order valence-corrected chi connectivity index (χ3v) is 2.55. The highest BCUT2D eigenvalue weighted by atomic mass is 16.5. The number of carbonyl (C=O) groups excluding carboxylic acids is 2. The van der Waals surface area contributed by atoms with Gasteiger partial charge in [-0.15, -0.1) is 0 Å². The molecule has 1 aromatic rings. The van der Waals surface area contributed by atoms with Gasteiger partial charge in [0.25, 0.3) is 0 Å². The van der Waals surface area contributed by atoms with E-state index in [0.29, 0.717) is 38.8 Å². The molecule has 110 valence electrons. The monoisotopic (exact) mass is 282 g/mol. The number of rotatable bonds is 9. The van der Waals surface area contributed by atoms with Crippen molar-refractivity contribution in [2.24, 2.45) is 0 Å². The van der Waals surface area contributed by atoms with Gasteiger partial charge in [-0.05, 0) is 26.2 Å². The van der Waals surface area contributed by atoms with Gasteiger partial charge in [-0.2, -0.15) is 0 Å². The van der Waals surface area contributed by atoms with Crippen LogP contribution in [0.5, 0.6) is 5.75 Å². The smallest absolute Gasteiger partial charge is 0.305 e. The fourth-order valence-corrected chi connectivity index (χ4v) is 1.60. The minimum absolute atomic E-state index is 0.0621. The molecule has 1 heterocycles. The topological polar surface area (TPSA) is 82.8 Å². The summed E-state index contributed by atoms with van der Waals surface area (Å²) in [5, 5.41) is 0. The Morgan fingerprint density at radius 2 is 2.15 bits per heavy atom. The van der Waals surface area contributed by atoms with Gasteiger partial charge in [0.15, 0.2) is 6.29 Å². The van der Waals surface area contributed by atoms with E-state index >= 15 is 0 Å². The number of hydrogen-bond acceptors (Lipinski definition) is 6. The van der Waals surface area contributed by atoms with Crippen molar-refractivity contribution in [3.63, 3.8) is 0 Å². The first kappa shape index (κ1) is 15.9. The molecule has 0 saturated heterocycles. The second-order valence-electron chi connectivity index (χ2n) is 4.06. The molecule has 0 fully saturated rings. The van der Waals surface area contributed by atoms with Crippen LogP contribution >= 0.6 is 0 Å². The van der Waals surface area contributed by atoms with Gasteiger partial charge in [0.05, 0.1) is 19.5 Å². The lowest BCUT2D eigenvalue weighted by Gasteiger charge is -2.06. The third kappa shape index (κ3) is 5.26. The highest BCUT2D eigenvalue weighted by Gasteiger charge is 2.09. The molecule has 0 bridgehead atoms. The first-order chi connectivity index (χ1) is 9.69. The quantitative estimate of drug-likeness (QED) is 0.391. The maximum atomic E-state index is 11.5. The Kier molecular flexibility index (Phi) is 7.10. The summed E-state index contributed by atoms with van der Waals surface area (Å²) in [4.78, 5) is 33.2. The van der Waals surface area contributed by atoms with Crippen molar-refractivity contribution in [1.82, 2.24) is 0 Å². The minimum atomic E-state index is -0.384. The molecule has 0 aromatic carbocycles. The number of hydrogen-bond donors (Lipinski definition) is 0. The highest BCUT2D eigenvalue weighted by molar-refractivity contribution is 5.74. The van der Waals surface area contributed by atoms with E-state index in [-0.39, 0.29) is 22.9 Å². The van der Waals surface area contributed by atoms with Crippen molar-refractivity contribution in [3.05, 3.63) is 28.3 Å². The molecule has 0 radical (unpaired) electrons. The molecule has 1 aromatic heterocycles. The summed E-state index contributed by atoms with van der Waals surface area (Å²) in [7, 11) is 0. The van der Waals surface area contributed by atoms with E-state index in [9.17, 15) is 14.4 Å². The fraction of sp³-hybridized carbons (Fsp3) is 0.500. The maximum Gasteiger partial charge on any atom is 0.305 e. The lowest BCUT2D eigenvalue weighted by Crippen LogP contribution is -2.10. The van der Waals surface area contributed by atoms with Crippen molar-refractivity contribution in [2.75, 3.05) is 13.2 Å². The largest absolute Gasteiger partial charge is 0.486 e. The van der Waals surface area contributed by atoms with E-state index < -0.39 is 0 Å². The molecule has 0 atom stereocenters. The van der Waals surface area contributed by atoms with Crippen molar-refractivity contribution in [3.8, 4) is 5.75 Å². The highest BCUT2D eigenvalue weighted by Crippen LogP contribution is 2.11. The van der Waals surface area contributed by atoms with Gasteiger partial charge in [-0.1, -0.05) is 0 Å². The number of aldehydes is 1. The van der Waals surface area contributed by atoms with Crippen LogP contribution in [0, 0.1) is 0 Å². The van der Waals surface area contributed by atoms with Crippen LogP contribution in [-0.4, -0.2) is 25.5 Å². The van der Waals surface area contributed by atoms with E-state index in [1.165, 1.54) is 6.07 Å². The zero-order valence-electron chi connectivity index (χ0n) is 11.4. The summed E-state index contributed by atoms with van der Waals surface area (Å²) in [5.41, 5.74) is -0.384. The lowest BCUT2D eigenvalue weighted by molar-refractivity contribution is -0.143. The summed E-state index contributed by atoms with van der Waals surface area (Å²) >= 11 is 0. The zero-order valence-corrected chi connectivity index (χ0v) is 11.4. The normalized spacial score (nSPS) is 10.1. The average Bonchev–Trinajstić information content (AvgIpc) is 2.44. The predicted octanol–water partition coefficient (Wildman–Crippen LogP) is 1.95. The van der Waals surface area contributed by atoms with Gasteiger partial charge >= 0.3 is 5.97 Å². The van der Waals surface area contributed by atoms with E-state index in [2.05, 4.69) is 0 Å². The van der Waals surface area contributed by atoms with Crippen LogP contribution in [0.4, 0.5) is 0 Å². The van der Waals surface area contributed by atoms with Gasteiger partial charge < -0.3 is 13.9 Å². The number of esters is 1. The molecule has 0 unspecified atom stereocenters.